The van der Waals surface area contributed by atoms with Gasteiger partial charge in [-0.3, -0.25) is 4.79 Å². The summed E-state index contributed by atoms with van der Waals surface area (Å²) in [4.78, 5) is 14.8. The number of carbonyl (C=O) groups is 1. The largest absolute Gasteiger partial charge is 0.390 e. The molecule has 1 heterocycles. The summed E-state index contributed by atoms with van der Waals surface area (Å²) in [5, 5.41) is 28.3. The second kappa shape index (κ2) is 7.38. The van der Waals surface area contributed by atoms with E-state index in [9.17, 15) is 15.0 Å². The summed E-state index contributed by atoms with van der Waals surface area (Å²) in [6.07, 6.45) is 11.6. The second-order valence-electron chi connectivity index (χ2n) is 12.0. The van der Waals surface area contributed by atoms with Gasteiger partial charge >= 0.3 is 0 Å². The average molecular weight is 430 g/mol. The molecule has 2 N–H and O–H groups in total. The molecule has 0 spiro atoms. The van der Waals surface area contributed by atoms with E-state index in [2.05, 4.69) is 24.0 Å². The van der Waals surface area contributed by atoms with Crippen molar-refractivity contribution in [2.45, 2.75) is 97.3 Å². The number of ketones is 1. The molecule has 0 aliphatic heterocycles. The number of hydrogen-bond acceptors (Lipinski definition) is 5. The van der Waals surface area contributed by atoms with Crippen LogP contribution in [0.5, 0.6) is 0 Å². The van der Waals surface area contributed by atoms with Crippen LogP contribution in [0.15, 0.2) is 6.20 Å². The van der Waals surface area contributed by atoms with Crippen LogP contribution in [0, 0.1) is 40.4 Å². The highest BCUT2D eigenvalue weighted by Crippen LogP contribution is 2.68. The fourth-order valence-corrected chi connectivity index (χ4v) is 8.69. The fraction of sp³-hybridized carbons (Fsp3) is 0.880. The van der Waals surface area contributed by atoms with Gasteiger partial charge in [0, 0.05) is 5.92 Å². The van der Waals surface area contributed by atoms with Gasteiger partial charge in [0.05, 0.1) is 18.4 Å². The number of aliphatic hydroxyl groups is 2. The van der Waals surface area contributed by atoms with Crippen molar-refractivity contribution >= 4 is 5.78 Å². The van der Waals surface area contributed by atoms with Crippen LogP contribution in [0.1, 0.15) is 84.3 Å². The van der Waals surface area contributed by atoms with Gasteiger partial charge in [-0.15, -0.1) is 0 Å². The van der Waals surface area contributed by atoms with E-state index in [4.69, 9.17) is 0 Å². The summed E-state index contributed by atoms with van der Waals surface area (Å²) < 4.78 is 0. The molecule has 1 aromatic heterocycles. The molecule has 0 amide bonds. The van der Waals surface area contributed by atoms with E-state index in [1.54, 1.807) is 6.20 Å². The Morgan fingerprint density at radius 2 is 1.84 bits per heavy atom. The topological polar surface area (TPSA) is 88.2 Å². The molecule has 4 aliphatic rings. The normalized spacial score (nSPS) is 46.8. The van der Waals surface area contributed by atoms with Gasteiger partial charge in [-0.05, 0) is 99.2 Å². The van der Waals surface area contributed by atoms with Crippen LogP contribution in [0.4, 0.5) is 0 Å². The molecule has 4 saturated carbocycles. The Hall–Kier alpha value is -1.27. The Morgan fingerprint density at radius 3 is 2.58 bits per heavy atom. The van der Waals surface area contributed by atoms with E-state index in [1.165, 1.54) is 30.5 Å². The lowest BCUT2D eigenvalue weighted by atomic mass is 9.44. The van der Waals surface area contributed by atoms with E-state index in [0.717, 1.165) is 43.9 Å². The van der Waals surface area contributed by atoms with Crippen molar-refractivity contribution in [1.29, 1.82) is 0 Å². The van der Waals surface area contributed by atoms with Crippen LogP contribution in [-0.2, 0) is 17.9 Å². The second-order valence-corrected chi connectivity index (χ2v) is 12.0. The van der Waals surface area contributed by atoms with Gasteiger partial charge in [0.25, 0.3) is 0 Å². The van der Waals surface area contributed by atoms with Gasteiger partial charge in [-0.25, -0.2) is 0 Å². The Balaban J connectivity index is 1.33. The highest BCUT2D eigenvalue weighted by molar-refractivity contribution is 5.82. The van der Waals surface area contributed by atoms with Crippen LogP contribution < -0.4 is 0 Å². The number of aromatic nitrogens is 3. The first kappa shape index (κ1) is 21.6. The molecule has 4 fully saturated rings. The van der Waals surface area contributed by atoms with Crippen molar-refractivity contribution in [3.05, 3.63) is 11.9 Å². The zero-order valence-corrected chi connectivity index (χ0v) is 19.4. The number of aliphatic hydroxyl groups excluding tert-OH is 1. The predicted molar refractivity (Wildman–Crippen MR) is 117 cm³/mol. The molecule has 6 heteroatoms. The van der Waals surface area contributed by atoms with E-state index >= 15 is 0 Å². The van der Waals surface area contributed by atoms with E-state index in [-0.39, 0.29) is 30.3 Å². The minimum atomic E-state index is -0.485. The Kier molecular flexibility index (Phi) is 5.13. The van der Waals surface area contributed by atoms with Crippen molar-refractivity contribution in [3.8, 4) is 0 Å². The Morgan fingerprint density at radius 1 is 1.06 bits per heavy atom. The molecule has 8 atom stereocenters. The van der Waals surface area contributed by atoms with Crippen molar-refractivity contribution in [2.75, 3.05) is 0 Å². The molecule has 172 valence electrons. The van der Waals surface area contributed by atoms with Crippen molar-refractivity contribution in [3.63, 3.8) is 0 Å². The van der Waals surface area contributed by atoms with Crippen LogP contribution in [0.25, 0.3) is 0 Å². The first-order chi connectivity index (χ1) is 14.7. The maximum Gasteiger partial charge on any atom is 0.159 e. The summed E-state index contributed by atoms with van der Waals surface area (Å²) >= 11 is 0. The Labute approximate surface area is 185 Å². The maximum absolute atomic E-state index is 13.3. The highest BCUT2D eigenvalue weighted by Gasteiger charge is 2.61. The molecule has 0 unspecified atom stereocenters. The number of carbonyl (C=O) groups excluding carboxylic acids is 1. The SMILES string of the molecule is C[C@@]1(O)CC[C@@]2(C)[C@@H](CC[C@@H]3[C@@H]2CC[C@]2(C)[C@@H](C(=O)Cn4ncc(CO)n4)CC[C@@H]32)C1. The minimum Gasteiger partial charge on any atom is -0.390 e. The molecular formula is C25H39N3O3. The molecule has 0 radical (unpaired) electrons. The fourth-order valence-electron chi connectivity index (χ4n) is 8.69. The molecule has 4 aliphatic carbocycles. The van der Waals surface area contributed by atoms with Crippen molar-refractivity contribution in [1.82, 2.24) is 15.0 Å². The smallest absolute Gasteiger partial charge is 0.159 e. The van der Waals surface area contributed by atoms with Crippen LogP contribution in [0.3, 0.4) is 0 Å². The molecule has 1 aromatic rings. The molecule has 0 saturated heterocycles. The summed E-state index contributed by atoms with van der Waals surface area (Å²) in [7, 11) is 0. The van der Waals surface area contributed by atoms with E-state index < -0.39 is 5.60 Å². The molecule has 6 nitrogen and oxygen atoms in total. The average Bonchev–Trinajstić information content (AvgIpc) is 3.31. The monoisotopic (exact) mass is 429 g/mol. The third kappa shape index (κ3) is 3.40. The first-order valence-electron chi connectivity index (χ1n) is 12.4. The lowest BCUT2D eigenvalue weighted by molar-refractivity contribution is -0.151. The van der Waals surface area contributed by atoms with Crippen molar-refractivity contribution in [2.24, 2.45) is 40.4 Å². The predicted octanol–water partition coefficient (Wildman–Crippen LogP) is 3.75. The maximum atomic E-state index is 13.3. The third-order valence-corrected chi connectivity index (χ3v) is 10.4. The van der Waals surface area contributed by atoms with Gasteiger partial charge in [0.2, 0.25) is 0 Å². The summed E-state index contributed by atoms with van der Waals surface area (Å²) in [5.74, 6) is 3.11. The first-order valence-corrected chi connectivity index (χ1v) is 12.4. The van der Waals surface area contributed by atoms with Crippen LogP contribution in [-0.4, -0.2) is 36.6 Å². The molecular weight excluding hydrogens is 390 g/mol. The molecule has 5 rings (SSSR count). The van der Waals surface area contributed by atoms with Gasteiger partial charge in [0.15, 0.2) is 5.78 Å². The number of hydrogen-bond donors (Lipinski definition) is 2. The van der Waals surface area contributed by atoms with Crippen molar-refractivity contribution < 1.29 is 15.0 Å². The van der Waals surface area contributed by atoms with Crippen LogP contribution in [0.2, 0.25) is 0 Å². The number of rotatable bonds is 4. The summed E-state index contributed by atoms with van der Waals surface area (Å²) in [6.45, 7) is 7.01. The van der Waals surface area contributed by atoms with Gasteiger partial charge in [-0.2, -0.15) is 15.0 Å². The van der Waals surface area contributed by atoms with E-state index in [1.807, 2.05) is 6.92 Å². The molecule has 0 bridgehead atoms. The Bertz CT molecular complexity index is 851. The highest BCUT2D eigenvalue weighted by atomic mass is 16.3. The van der Waals surface area contributed by atoms with Gasteiger partial charge in [0.1, 0.15) is 12.2 Å². The van der Waals surface area contributed by atoms with Gasteiger partial charge < -0.3 is 10.2 Å². The van der Waals surface area contributed by atoms with Crippen LogP contribution >= 0.6 is 0 Å². The zero-order valence-electron chi connectivity index (χ0n) is 19.4. The molecule has 0 aromatic carbocycles. The third-order valence-electron chi connectivity index (χ3n) is 10.4. The quantitative estimate of drug-likeness (QED) is 0.761. The minimum absolute atomic E-state index is 0.0918. The zero-order chi connectivity index (χ0) is 22.0. The number of Topliss-reactive ketones (excluding diaryl/α,β-unsaturated/α-hetero) is 1. The van der Waals surface area contributed by atoms with Gasteiger partial charge in [-0.1, -0.05) is 13.8 Å². The summed E-state index contributed by atoms with van der Waals surface area (Å²) in [6, 6.07) is 0. The molecule has 31 heavy (non-hydrogen) atoms. The lowest BCUT2D eigenvalue weighted by Gasteiger charge is -2.61. The van der Waals surface area contributed by atoms with E-state index in [0.29, 0.717) is 22.9 Å². The summed E-state index contributed by atoms with van der Waals surface area (Å²) in [5.41, 5.74) is 0.477. The lowest BCUT2D eigenvalue weighted by Crippen LogP contribution is -2.55. The standard InChI is InChI=1S/C25H39N3O3/c1-23(31)10-11-24(2)16(12-23)4-5-18-19-6-7-21(25(19,3)9-8-20(18)24)22(30)14-28-26-13-17(15-29)27-28/h13,16,18-21,29,31H,4-12,14-15H2,1-3H3/t16-,18-,19-,20-,21+,23+,24-,25-/m0/s1. The number of fused-ring (bicyclic) bond motifs is 5. The number of nitrogens with zero attached hydrogens (tertiary/aromatic N) is 3.